The van der Waals surface area contributed by atoms with E-state index in [0.29, 0.717) is 5.56 Å². The van der Waals surface area contributed by atoms with Crippen LogP contribution in [0.5, 0.6) is 5.75 Å². The summed E-state index contributed by atoms with van der Waals surface area (Å²) in [6.45, 7) is -2.64. The SMILES string of the molecule is O=C(Cc1ccc(OC(F)F)cc1)OCc1csc2ccccc12. The fraction of sp³-hybridized carbons (Fsp3) is 0.167. The van der Waals surface area contributed by atoms with Gasteiger partial charge in [0.15, 0.2) is 0 Å². The van der Waals surface area contributed by atoms with Crippen molar-refractivity contribution in [2.75, 3.05) is 0 Å². The number of alkyl halides is 2. The Balaban J connectivity index is 1.56. The Kier molecular flexibility index (Phi) is 5.05. The lowest BCUT2D eigenvalue weighted by molar-refractivity contribution is -0.144. The quantitative estimate of drug-likeness (QED) is 0.601. The Hall–Kier alpha value is -2.47. The summed E-state index contributed by atoms with van der Waals surface area (Å²) in [6, 6.07) is 13.9. The largest absolute Gasteiger partial charge is 0.461 e. The van der Waals surface area contributed by atoms with Crippen molar-refractivity contribution in [2.24, 2.45) is 0 Å². The Bertz CT molecular complexity index is 828. The highest BCUT2D eigenvalue weighted by atomic mass is 32.1. The van der Waals surface area contributed by atoms with Crippen LogP contribution in [0.15, 0.2) is 53.9 Å². The van der Waals surface area contributed by atoms with Crippen LogP contribution in [-0.2, 0) is 22.6 Å². The molecule has 0 aliphatic carbocycles. The normalized spacial score (nSPS) is 11.0. The van der Waals surface area contributed by atoms with Crippen molar-refractivity contribution in [1.29, 1.82) is 0 Å². The van der Waals surface area contributed by atoms with E-state index in [9.17, 15) is 13.6 Å². The minimum Gasteiger partial charge on any atom is -0.461 e. The van der Waals surface area contributed by atoms with Gasteiger partial charge in [0.1, 0.15) is 12.4 Å². The molecular weight excluding hydrogens is 334 g/mol. The fourth-order valence-electron chi connectivity index (χ4n) is 2.31. The number of halogens is 2. The molecule has 24 heavy (non-hydrogen) atoms. The van der Waals surface area contributed by atoms with Crippen molar-refractivity contribution < 1.29 is 23.0 Å². The predicted molar refractivity (Wildman–Crippen MR) is 88.4 cm³/mol. The molecule has 2 aromatic carbocycles. The summed E-state index contributed by atoms with van der Waals surface area (Å²) >= 11 is 1.61. The van der Waals surface area contributed by atoms with E-state index in [0.717, 1.165) is 15.6 Å². The van der Waals surface area contributed by atoms with Crippen molar-refractivity contribution >= 4 is 27.4 Å². The summed E-state index contributed by atoms with van der Waals surface area (Å²) in [5, 5.41) is 3.07. The third kappa shape index (κ3) is 4.08. The molecule has 6 heteroatoms. The maximum absolute atomic E-state index is 12.1. The Morgan fingerprint density at radius 2 is 1.83 bits per heavy atom. The van der Waals surface area contributed by atoms with Gasteiger partial charge < -0.3 is 9.47 Å². The third-order valence-electron chi connectivity index (χ3n) is 3.45. The monoisotopic (exact) mass is 348 g/mol. The number of esters is 1. The smallest absolute Gasteiger partial charge is 0.387 e. The van der Waals surface area contributed by atoms with Crippen LogP contribution in [0, 0.1) is 0 Å². The molecular formula is C18H14F2O3S. The Morgan fingerprint density at radius 1 is 1.08 bits per heavy atom. The van der Waals surface area contributed by atoms with Crippen LogP contribution in [0.3, 0.4) is 0 Å². The van der Waals surface area contributed by atoms with E-state index in [1.165, 1.54) is 12.1 Å². The van der Waals surface area contributed by atoms with Gasteiger partial charge in [-0.1, -0.05) is 30.3 Å². The molecule has 0 saturated heterocycles. The van der Waals surface area contributed by atoms with Crippen molar-refractivity contribution in [3.63, 3.8) is 0 Å². The average molecular weight is 348 g/mol. The van der Waals surface area contributed by atoms with E-state index in [4.69, 9.17) is 4.74 Å². The van der Waals surface area contributed by atoms with Crippen LogP contribution in [0.1, 0.15) is 11.1 Å². The first-order chi connectivity index (χ1) is 11.6. The van der Waals surface area contributed by atoms with E-state index >= 15 is 0 Å². The zero-order chi connectivity index (χ0) is 16.9. The molecule has 124 valence electrons. The number of fused-ring (bicyclic) bond motifs is 1. The number of benzene rings is 2. The van der Waals surface area contributed by atoms with Crippen molar-refractivity contribution in [1.82, 2.24) is 0 Å². The zero-order valence-electron chi connectivity index (χ0n) is 12.6. The summed E-state index contributed by atoms with van der Waals surface area (Å²) in [7, 11) is 0. The highest BCUT2D eigenvalue weighted by molar-refractivity contribution is 7.17. The van der Waals surface area contributed by atoms with Gasteiger partial charge in [0, 0.05) is 10.3 Å². The number of carbonyl (C=O) groups excluding carboxylic acids is 1. The van der Waals surface area contributed by atoms with E-state index < -0.39 is 6.61 Å². The van der Waals surface area contributed by atoms with Crippen LogP contribution in [0.4, 0.5) is 8.78 Å². The lowest BCUT2D eigenvalue weighted by Crippen LogP contribution is -2.08. The molecule has 0 saturated carbocycles. The van der Waals surface area contributed by atoms with Gasteiger partial charge in [-0.05, 0) is 34.5 Å². The molecule has 0 unspecified atom stereocenters. The van der Waals surface area contributed by atoms with Crippen LogP contribution < -0.4 is 4.74 Å². The summed E-state index contributed by atoms with van der Waals surface area (Å²) < 4.78 is 34.9. The fourth-order valence-corrected chi connectivity index (χ4v) is 3.26. The topological polar surface area (TPSA) is 35.5 Å². The molecule has 0 N–H and O–H groups in total. The molecule has 3 rings (SSSR count). The molecule has 0 radical (unpaired) electrons. The first kappa shape index (κ1) is 16.4. The molecule has 0 bridgehead atoms. The summed E-state index contributed by atoms with van der Waals surface area (Å²) in [5.41, 5.74) is 1.65. The molecule has 0 aliphatic rings. The number of rotatable bonds is 6. The van der Waals surface area contributed by atoms with Crippen LogP contribution in [0.25, 0.3) is 10.1 Å². The Morgan fingerprint density at radius 3 is 2.58 bits per heavy atom. The maximum Gasteiger partial charge on any atom is 0.387 e. The first-order valence-electron chi connectivity index (χ1n) is 7.26. The number of hydrogen-bond donors (Lipinski definition) is 0. The molecule has 1 aromatic heterocycles. The molecule has 0 aliphatic heterocycles. The van der Waals surface area contributed by atoms with E-state index in [-0.39, 0.29) is 24.7 Å². The molecule has 0 fully saturated rings. The van der Waals surface area contributed by atoms with Crippen molar-refractivity contribution in [3.05, 3.63) is 65.0 Å². The van der Waals surface area contributed by atoms with Gasteiger partial charge in [-0.25, -0.2) is 0 Å². The third-order valence-corrected chi connectivity index (χ3v) is 4.46. The molecule has 0 atom stereocenters. The molecule has 1 heterocycles. The summed E-state index contributed by atoms with van der Waals surface area (Å²) in [5.74, 6) is -0.306. The molecule has 3 aromatic rings. The molecule has 3 nitrogen and oxygen atoms in total. The van der Waals surface area contributed by atoms with Gasteiger partial charge in [-0.2, -0.15) is 8.78 Å². The summed E-state index contributed by atoms with van der Waals surface area (Å²) in [6.07, 6.45) is 0.0804. The lowest BCUT2D eigenvalue weighted by atomic mass is 10.1. The Labute approximate surface area is 141 Å². The highest BCUT2D eigenvalue weighted by Gasteiger charge is 2.09. The van der Waals surface area contributed by atoms with Gasteiger partial charge in [0.2, 0.25) is 0 Å². The second kappa shape index (κ2) is 7.40. The second-order valence-electron chi connectivity index (χ2n) is 5.12. The van der Waals surface area contributed by atoms with Crippen LogP contribution >= 0.6 is 11.3 Å². The molecule has 0 spiro atoms. The number of hydrogen-bond acceptors (Lipinski definition) is 4. The first-order valence-corrected chi connectivity index (χ1v) is 8.14. The zero-order valence-corrected chi connectivity index (χ0v) is 13.4. The number of carbonyl (C=O) groups is 1. The number of thiophene rings is 1. The number of ether oxygens (including phenoxy) is 2. The van der Waals surface area contributed by atoms with Gasteiger partial charge >= 0.3 is 12.6 Å². The van der Waals surface area contributed by atoms with Gasteiger partial charge in [0.25, 0.3) is 0 Å². The highest BCUT2D eigenvalue weighted by Crippen LogP contribution is 2.26. The minimum absolute atomic E-state index is 0.0619. The van der Waals surface area contributed by atoms with Crippen molar-refractivity contribution in [2.45, 2.75) is 19.6 Å². The van der Waals surface area contributed by atoms with E-state index in [2.05, 4.69) is 4.74 Å². The van der Waals surface area contributed by atoms with Crippen molar-refractivity contribution in [3.8, 4) is 5.75 Å². The predicted octanol–water partition coefficient (Wildman–Crippen LogP) is 4.79. The van der Waals surface area contributed by atoms with E-state index in [1.54, 1.807) is 23.5 Å². The van der Waals surface area contributed by atoms with Gasteiger partial charge in [-0.15, -0.1) is 11.3 Å². The minimum atomic E-state index is -2.86. The van der Waals surface area contributed by atoms with E-state index in [1.807, 2.05) is 29.6 Å². The maximum atomic E-state index is 12.1. The summed E-state index contributed by atoms with van der Waals surface area (Å²) in [4.78, 5) is 11.9. The van der Waals surface area contributed by atoms with Gasteiger partial charge in [0.05, 0.1) is 6.42 Å². The van der Waals surface area contributed by atoms with Gasteiger partial charge in [-0.3, -0.25) is 4.79 Å². The standard InChI is InChI=1S/C18H14F2O3S/c19-18(20)23-14-7-5-12(6-8-14)9-17(21)22-10-13-11-24-16-4-2-1-3-15(13)16/h1-8,11,18H,9-10H2. The second-order valence-corrected chi connectivity index (χ2v) is 6.03. The van der Waals surface area contributed by atoms with Crippen LogP contribution in [0.2, 0.25) is 0 Å². The van der Waals surface area contributed by atoms with Crippen LogP contribution in [-0.4, -0.2) is 12.6 Å². The average Bonchev–Trinajstić information content (AvgIpc) is 2.98. The lowest BCUT2D eigenvalue weighted by Gasteiger charge is -2.06. The molecule has 0 amide bonds.